The number of hydrogen-bond acceptors (Lipinski definition) is 6. The zero-order valence-electron chi connectivity index (χ0n) is 14.3. The lowest BCUT2D eigenvalue weighted by atomic mass is 9.87. The first-order chi connectivity index (χ1) is 12.9. The van der Waals surface area contributed by atoms with Crippen LogP contribution in [0.25, 0.3) is 0 Å². The Kier molecular flexibility index (Phi) is 4.59. The minimum absolute atomic E-state index is 0.258. The molecule has 1 atom stereocenters. The lowest BCUT2D eigenvalue weighted by molar-refractivity contribution is -0.385. The van der Waals surface area contributed by atoms with Crippen molar-refractivity contribution in [1.29, 1.82) is 0 Å². The van der Waals surface area contributed by atoms with Crippen LogP contribution in [0.1, 0.15) is 24.5 Å². The van der Waals surface area contributed by atoms with E-state index in [4.69, 9.17) is 0 Å². The molecule has 1 aliphatic rings. The lowest BCUT2D eigenvalue weighted by Gasteiger charge is -2.24. The molecule has 0 spiro atoms. The van der Waals surface area contributed by atoms with Crippen molar-refractivity contribution in [2.24, 2.45) is 5.10 Å². The maximum Gasteiger partial charge on any atom is 0.346 e. The molecule has 0 aromatic heterocycles. The summed E-state index contributed by atoms with van der Waals surface area (Å²) >= 11 is 0. The predicted octanol–water partition coefficient (Wildman–Crippen LogP) is 2.49. The van der Waals surface area contributed by atoms with Gasteiger partial charge in [0.15, 0.2) is 5.75 Å². The largest absolute Gasteiger partial charge is 0.502 e. The van der Waals surface area contributed by atoms with E-state index in [1.54, 1.807) is 31.2 Å². The molecule has 0 bridgehead atoms. The Balaban J connectivity index is 1.91. The molecule has 1 saturated heterocycles. The zero-order chi connectivity index (χ0) is 19.6. The molecule has 27 heavy (non-hydrogen) atoms. The van der Waals surface area contributed by atoms with E-state index in [0.29, 0.717) is 17.0 Å². The Morgan fingerprint density at radius 2 is 1.96 bits per heavy atom. The third kappa shape index (κ3) is 3.10. The van der Waals surface area contributed by atoms with E-state index in [2.05, 4.69) is 10.4 Å². The third-order valence-corrected chi connectivity index (χ3v) is 4.39. The number of nitrogens with one attached hydrogen (secondary N) is 1. The summed E-state index contributed by atoms with van der Waals surface area (Å²) in [6.45, 7) is 1.78. The highest BCUT2D eigenvalue weighted by atomic mass is 16.6. The molecular weight excluding hydrogens is 352 g/mol. The number of phenolic OH excluding ortho intramolecular Hbond substituents is 1. The van der Waals surface area contributed by atoms with Gasteiger partial charge in [-0.25, -0.2) is 4.79 Å². The van der Waals surface area contributed by atoms with Crippen LogP contribution in [0.3, 0.4) is 0 Å². The normalized spacial score (nSPS) is 19.5. The number of benzene rings is 2. The molecule has 138 valence electrons. The average molecular weight is 368 g/mol. The van der Waals surface area contributed by atoms with Crippen molar-refractivity contribution in [3.8, 4) is 5.75 Å². The van der Waals surface area contributed by atoms with Gasteiger partial charge in [-0.1, -0.05) is 37.3 Å². The SMILES string of the molecule is CC[C@@]1(c2ccccc2)NC(=O)N(/N=C\c2ccc(O)c([N+](=O)[O-])c2)C1=O. The molecule has 0 saturated carbocycles. The molecule has 3 amide bonds. The topological polar surface area (TPSA) is 125 Å². The Morgan fingerprint density at radius 3 is 2.59 bits per heavy atom. The van der Waals surface area contributed by atoms with Crippen LogP contribution in [0.15, 0.2) is 53.6 Å². The quantitative estimate of drug-likeness (QED) is 0.363. The van der Waals surface area contributed by atoms with Crippen molar-refractivity contribution in [3.05, 3.63) is 69.8 Å². The molecule has 9 heteroatoms. The van der Waals surface area contributed by atoms with Crippen LogP contribution in [-0.4, -0.2) is 33.2 Å². The molecular formula is C18H16N4O5. The highest BCUT2D eigenvalue weighted by molar-refractivity contribution is 6.07. The Labute approximate surface area is 154 Å². The van der Waals surface area contributed by atoms with Gasteiger partial charge in [0.05, 0.1) is 11.1 Å². The van der Waals surface area contributed by atoms with Gasteiger partial charge in [-0.3, -0.25) is 14.9 Å². The Bertz CT molecular complexity index is 944. The fourth-order valence-corrected chi connectivity index (χ4v) is 2.92. The maximum atomic E-state index is 12.9. The maximum absolute atomic E-state index is 12.9. The van der Waals surface area contributed by atoms with Crippen LogP contribution in [0, 0.1) is 10.1 Å². The third-order valence-electron chi connectivity index (χ3n) is 4.39. The fraction of sp³-hybridized carbons (Fsp3) is 0.167. The number of rotatable bonds is 5. The molecule has 2 aromatic carbocycles. The summed E-state index contributed by atoms with van der Waals surface area (Å²) in [5.41, 5.74) is -0.808. The Morgan fingerprint density at radius 1 is 1.26 bits per heavy atom. The van der Waals surface area contributed by atoms with Crippen LogP contribution in [0.2, 0.25) is 0 Å². The molecule has 0 unspecified atom stereocenters. The molecule has 9 nitrogen and oxygen atoms in total. The number of nitrogens with zero attached hydrogens (tertiary/aromatic N) is 3. The minimum atomic E-state index is -1.21. The molecule has 1 heterocycles. The highest BCUT2D eigenvalue weighted by Crippen LogP contribution is 2.32. The van der Waals surface area contributed by atoms with Crippen molar-refractivity contribution >= 4 is 23.8 Å². The van der Waals surface area contributed by atoms with Gasteiger partial charge < -0.3 is 10.4 Å². The van der Waals surface area contributed by atoms with Crippen LogP contribution >= 0.6 is 0 Å². The standard InChI is InChI=1S/C18H16N4O5/c1-2-18(13-6-4-3-5-7-13)16(24)21(17(25)20-18)19-11-12-8-9-15(23)14(10-12)22(26)27/h3-11,23H,2H2,1H3,(H,20,25)/b19-11-/t18-/m0/s1. The van der Waals surface area contributed by atoms with Gasteiger partial charge in [0.1, 0.15) is 5.54 Å². The Hall–Kier alpha value is -3.75. The number of hydrogen-bond donors (Lipinski definition) is 2. The summed E-state index contributed by atoms with van der Waals surface area (Å²) in [7, 11) is 0. The van der Waals surface area contributed by atoms with Crippen molar-refractivity contribution in [2.75, 3.05) is 0 Å². The summed E-state index contributed by atoms with van der Waals surface area (Å²) < 4.78 is 0. The number of amides is 3. The summed E-state index contributed by atoms with van der Waals surface area (Å²) in [6.07, 6.45) is 1.49. The molecule has 1 fully saturated rings. The number of hydrazone groups is 1. The van der Waals surface area contributed by atoms with Crippen molar-refractivity contribution in [3.63, 3.8) is 0 Å². The second-order valence-corrected chi connectivity index (χ2v) is 5.92. The van der Waals surface area contributed by atoms with Gasteiger partial charge in [-0.15, -0.1) is 5.01 Å². The molecule has 1 aliphatic heterocycles. The predicted molar refractivity (Wildman–Crippen MR) is 96.1 cm³/mol. The number of nitro benzene ring substituents is 1. The van der Waals surface area contributed by atoms with Gasteiger partial charge in [0, 0.05) is 11.6 Å². The van der Waals surface area contributed by atoms with Gasteiger partial charge in [-0.2, -0.15) is 5.10 Å². The number of urea groups is 1. The molecule has 2 aromatic rings. The monoisotopic (exact) mass is 368 g/mol. The number of nitro groups is 1. The summed E-state index contributed by atoms with van der Waals surface area (Å²) in [5.74, 6) is -1.02. The van der Waals surface area contributed by atoms with Gasteiger partial charge >= 0.3 is 11.7 Å². The van der Waals surface area contributed by atoms with Crippen LogP contribution in [-0.2, 0) is 10.3 Å². The van der Waals surface area contributed by atoms with Crippen molar-refractivity contribution < 1.29 is 19.6 Å². The first-order valence-corrected chi connectivity index (χ1v) is 8.12. The summed E-state index contributed by atoms with van der Waals surface area (Å²) in [6, 6.07) is 11.8. The first kappa shape index (κ1) is 18.1. The van der Waals surface area contributed by atoms with Crippen LogP contribution in [0.5, 0.6) is 5.75 Å². The second kappa shape index (κ2) is 6.87. The number of phenols is 1. The molecule has 0 radical (unpaired) electrons. The van der Waals surface area contributed by atoms with E-state index >= 15 is 0 Å². The smallest absolute Gasteiger partial charge is 0.346 e. The minimum Gasteiger partial charge on any atom is -0.502 e. The lowest BCUT2D eigenvalue weighted by Crippen LogP contribution is -2.43. The van der Waals surface area contributed by atoms with Gasteiger partial charge in [0.2, 0.25) is 0 Å². The zero-order valence-corrected chi connectivity index (χ0v) is 14.3. The number of aromatic hydroxyl groups is 1. The van der Waals surface area contributed by atoms with E-state index < -0.39 is 33.8 Å². The van der Waals surface area contributed by atoms with E-state index in [1.807, 2.05) is 6.07 Å². The van der Waals surface area contributed by atoms with Crippen LogP contribution < -0.4 is 5.32 Å². The van der Waals surface area contributed by atoms with Crippen molar-refractivity contribution in [1.82, 2.24) is 10.3 Å². The summed E-state index contributed by atoms with van der Waals surface area (Å²) in [5, 5.41) is 27.7. The summed E-state index contributed by atoms with van der Waals surface area (Å²) in [4.78, 5) is 35.4. The van der Waals surface area contributed by atoms with Crippen molar-refractivity contribution in [2.45, 2.75) is 18.9 Å². The highest BCUT2D eigenvalue weighted by Gasteiger charge is 2.51. The molecule has 2 N–H and O–H groups in total. The van der Waals surface area contributed by atoms with E-state index in [1.165, 1.54) is 6.07 Å². The van der Waals surface area contributed by atoms with E-state index in [9.17, 15) is 24.8 Å². The number of carbonyl (C=O) groups excluding carboxylic acids is 2. The molecule has 0 aliphatic carbocycles. The second-order valence-electron chi connectivity index (χ2n) is 5.92. The first-order valence-electron chi connectivity index (χ1n) is 8.12. The van der Waals surface area contributed by atoms with E-state index in [-0.39, 0.29) is 5.56 Å². The number of imide groups is 1. The van der Waals surface area contributed by atoms with Gasteiger partial charge in [-0.05, 0) is 24.1 Å². The number of carbonyl (C=O) groups is 2. The average Bonchev–Trinajstić information content (AvgIpc) is 2.92. The van der Waals surface area contributed by atoms with Crippen LogP contribution in [0.4, 0.5) is 10.5 Å². The van der Waals surface area contributed by atoms with E-state index in [0.717, 1.165) is 18.3 Å². The van der Waals surface area contributed by atoms with Gasteiger partial charge in [0.25, 0.3) is 5.91 Å². The molecule has 3 rings (SSSR count). The fourth-order valence-electron chi connectivity index (χ4n) is 2.92.